The first-order valence-electron chi connectivity index (χ1n) is 6.56. The number of methoxy groups -OCH3 is 2. The fourth-order valence-corrected chi connectivity index (χ4v) is 2.64. The second-order valence-corrected chi connectivity index (χ2v) is 5.64. The zero-order chi connectivity index (χ0) is 16.8. The Labute approximate surface area is 147 Å². The Morgan fingerprint density at radius 3 is 2.70 bits per heavy atom. The van der Waals surface area contributed by atoms with Crippen LogP contribution in [-0.2, 0) is 0 Å². The van der Waals surface area contributed by atoms with Gasteiger partial charge < -0.3 is 9.47 Å². The summed E-state index contributed by atoms with van der Waals surface area (Å²) in [6.07, 6.45) is 1.51. The summed E-state index contributed by atoms with van der Waals surface area (Å²) in [6, 6.07) is 10.2. The summed E-state index contributed by atoms with van der Waals surface area (Å²) in [5, 5.41) is 4.44. The molecule has 120 valence electrons. The highest BCUT2D eigenvalue weighted by Crippen LogP contribution is 2.36. The molecular weight excluding hydrogens is 384 g/mol. The van der Waals surface area contributed by atoms with Crippen molar-refractivity contribution >= 4 is 39.7 Å². The van der Waals surface area contributed by atoms with Gasteiger partial charge in [-0.25, -0.2) is 5.43 Å². The number of hydrogen-bond donors (Lipinski definition) is 1. The smallest absolute Gasteiger partial charge is 0.271 e. The number of rotatable bonds is 5. The van der Waals surface area contributed by atoms with Gasteiger partial charge in [-0.2, -0.15) is 5.10 Å². The largest absolute Gasteiger partial charge is 0.493 e. The van der Waals surface area contributed by atoms with Crippen LogP contribution in [0.3, 0.4) is 0 Å². The molecule has 5 nitrogen and oxygen atoms in total. The van der Waals surface area contributed by atoms with Crippen molar-refractivity contribution in [1.82, 2.24) is 5.43 Å². The summed E-state index contributed by atoms with van der Waals surface area (Å²) in [5.41, 5.74) is 3.61. The second kappa shape index (κ2) is 7.99. The molecule has 7 heteroatoms. The lowest BCUT2D eigenvalue weighted by Crippen LogP contribution is -2.17. The van der Waals surface area contributed by atoms with E-state index in [0.717, 1.165) is 5.56 Å². The van der Waals surface area contributed by atoms with Gasteiger partial charge in [-0.1, -0.05) is 17.7 Å². The van der Waals surface area contributed by atoms with Gasteiger partial charge >= 0.3 is 0 Å². The van der Waals surface area contributed by atoms with E-state index in [2.05, 4.69) is 26.5 Å². The first-order valence-corrected chi connectivity index (χ1v) is 7.73. The normalized spacial score (nSPS) is 10.6. The molecule has 2 aromatic carbocycles. The molecule has 1 amide bonds. The quantitative estimate of drug-likeness (QED) is 0.615. The van der Waals surface area contributed by atoms with Crippen molar-refractivity contribution in [2.24, 2.45) is 5.10 Å². The van der Waals surface area contributed by atoms with Crippen LogP contribution in [0.25, 0.3) is 0 Å². The molecule has 0 saturated carbocycles. The second-order valence-electron chi connectivity index (χ2n) is 4.41. The van der Waals surface area contributed by atoms with Crippen LogP contribution >= 0.6 is 27.5 Å². The number of carbonyl (C=O) groups is 1. The predicted molar refractivity (Wildman–Crippen MR) is 93.8 cm³/mol. The van der Waals surface area contributed by atoms with Crippen molar-refractivity contribution in [3.05, 3.63) is 57.0 Å². The molecule has 0 aliphatic heterocycles. The number of nitrogens with one attached hydrogen (secondary N) is 1. The number of amides is 1. The fourth-order valence-electron chi connectivity index (χ4n) is 1.86. The molecule has 23 heavy (non-hydrogen) atoms. The SMILES string of the molecule is COc1ccc(/C=N\NC(=O)c2cccc(Cl)c2)c(Br)c1OC. The molecule has 0 aliphatic rings. The van der Waals surface area contributed by atoms with Gasteiger partial charge in [0.1, 0.15) is 0 Å². The average molecular weight is 398 g/mol. The molecular formula is C16H14BrClN2O3. The van der Waals surface area contributed by atoms with Gasteiger partial charge in [0, 0.05) is 16.1 Å². The van der Waals surface area contributed by atoms with E-state index in [0.29, 0.717) is 26.6 Å². The minimum atomic E-state index is -0.347. The lowest BCUT2D eigenvalue weighted by molar-refractivity contribution is 0.0955. The minimum absolute atomic E-state index is 0.347. The molecule has 2 rings (SSSR count). The van der Waals surface area contributed by atoms with Crippen LogP contribution in [0, 0.1) is 0 Å². The monoisotopic (exact) mass is 396 g/mol. The van der Waals surface area contributed by atoms with Gasteiger partial charge in [-0.3, -0.25) is 4.79 Å². The maximum Gasteiger partial charge on any atom is 0.271 e. The van der Waals surface area contributed by atoms with Gasteiger partial charge in [0.25, 0.3) is 5.91 Å². The molecule has 2 aromatic rings. The van der Waals surface area contributed by atoms with Crippen LogP contribution in [-0.4, -0.2) is 26.3 Å². The van der Waals surface area contributed by atoms with Crippen molar-refractivity contribution in [1.29, 1.82) is 0 Å². The van der Waals surface area contributed by atoms with Gasteiger partial charge in [0.2, 0.25) is 0 Å². The lowest BCUT2D eigenvalue weighted by Gasteiger charge is -2.10. The van der Waals surface area contributed by atoms with Crippen LogP contribution in [0.5, 0.6) is 11.5 Å². The Morgan fingerprint density at radius 1 is 1.26 bits per heavy atom. The van der Waals surface area contributed by atoms with E-state index >= 15 is 0 Å². The summed E-state index contributed by atoms with van der Waals surface area (Å²) in [5.74, 6) is 0.803. The molecule has 0 heterocycles. The van der Waals surface area contributed by atoms with Gasteiger partial charge in [0.05, 0.1) is 24.9 Å². The molecule has 0 saturated heterocycles. The fraction of sp³-hybridized carbons (Fsp3) is 0.125. The number of halogens is 2. The Bertz CT molecular complexity index is 750. The maximum atomic E-state index is 12.0. The minimum Gasteiger partial charge on any atom is -0.493 e. The zero-order valence-electron chi connectivity index (χ0n) is 12.5. The Balaban J connectivity index is 2.13. The number of benzene rings is 2. The summed E-state index contributed by atoms with van der Waals surface area (Å²) in [7, 11) is 3.10. The molecule has 0 atom stereocenters. The Hall–Kier alpha value is -2.05. The third kappa shape index (κ3) is 4.24. The standard InChI is InChI=1S/C16H14BrClN2O3/c1-22-13-7-6-11(14(17)15(13)23-2)9-19-20-16(21)10-4-3-5-12(18)8-10/h3-9H,1-2H3,(H,20,21)/b19-9-. The van der Waals surface area contributed by atoms with Crippen LogP contribution < -0.4 is 14.9 Å². The molecule has 0 bridgehead atoms. The summed E-state index contributed by atoms with van der Waals surface area (Å²) < 4.78 is 11.2. The maximum absolute atomic E-state index is 12.0. The summed E-state index contributed by atoms with van der Waals surface area (Å²) >= 11 is 9.28. The van der Waals surface area contributed by atoms with E-state index in [9.17, 15) is 4.79 Å². The van der Waals surface area contributed by atoms with Crippen molar-refractivity contribution in [2.45, 2.75) is 0 Å². The average Bonchev–Trinajstić information content (AvgIpc) is 2.55. The molecule has 0 fully saturated rings. The third-order valence-electron chi connectivity index (χ3n) is 2.97. The molecule has 0 radical (unpaired) electrons. The van der Waals surface area contributed by atoms with E-state index in [1.165, 1.54) is 6.21 Å². The van der Waals surface area contributed by atoms with E-state index in [1.54, 1.807) is 50.6 Å². The first kappa shape index (κ1) is 17.3. The van der Waals surface area contributed by atoms with Crippen LogP contribution in [0.4, 0.5) is 0 Å². The molecule has 1 N–H and O–H groups in total. The van der Waals surface area contributed by atoms with Crippen molar-refractivity contribution < 1.29 is 14.3 Å². The topological polar surface area (TPSA) is 59.9 Å². The number of hydrogen-bond acceptors (Lipinski definition) is 4. The molecule has 0 unspecified atom stereocenters. The van der Waals surface area contributed by atoms with Crippen molar-refractivity contribution in [2.75, 3.05) is 14.2 Å². The zero-order valence-corrected chi connectivity index (χ0v) is 14.8. The van der Waals surface area contributed by atoms with Crippen molar-refractivity contribution in [3.8, 4) is 11.5 Å². The van der Waals surface area contributed by atoms with Gasteiger partial charge in [0.15, 0.2) is 11.5 Å². The molecule has 0 aliphatic carbocycles. The Kier molecular flexibility index (Phi) is 6.01. The van der Waals surface area contributed by atoms with Gasteiger partial charge in [-0.05, 0) is 46.3 Å². The van der Waals surface area contributed by atoms with E-state index in [-0.39, 0.29) is 5.91 Å². The number of nitrogens with zero attached hydrogens (tertiary/aromatic N) is 1. The van der Waals surface area contributed by atoms with Crippen molar-refractivity contribution in [3.63, 3.8) is 0 Å². The van der Waals surface area contributed by atoms with Crippen LogP contribution in [0.15, 0.2) is 46.0 Å². The summed E-state index contributed by atoms with van der Waals surface area (Å²) in [4.78, 5) is 12.0. The third-order valence-corrected chi connectivity index (χ3v) is 4.02. The lowest BCUT2D eigenvalue weighted by atomic mass is 10.2. The molecule has 0 aromatic heterocycles. The number of hydrazone groups is 1. The first-order chi connectivity index (χ1) is 11.1. The van der Waals surface area contributed by atoms with E-state index < -0.39 is 0 Å². The van der Waals surface area contributed by atoms with Crippen LogP contribution in [0.2, 0.25) is 5.02 Å². The molecule has 0 spiro atoms. The van der Waals surface area contributed by atoms with Gasteiger partial charge in [-0.15, -0.1) is 0 Å². The highest BCUT2D eigenvalue weighted by molar-refractivity contribution is 9.10. The highest BCUT2D eigenvalue weighted by atomic mass is 79.9. The van der Waals surface area contributed by atoms with E-state index in [1.807, 2.05) is 0 Å². The highest BCUT2D eigenvalue weighted by Gasteiger charge is 2.11. The van der Waals surface area contributed by atoms with Crippen LogP contribution in [0.1, 0.15) is 15.9 Å². The number of carbonyl (C=O) groups excluding carboxylic acids is 1. The number of ether oxygens (including phenoxy) is 2. The predicted octanol–water partition coefficient (Wildman–Crippen LogP) is 3.88. The summed E-state index contributed by atoms with van der Waals surface area (Å²) in [6.45, 7) is 0. The van der Waals surface area contributed by atoms with E-state index in [4.69, 9.17) is 21.1 Å². The Morgan fingerprint density at radius 2 is 2.04 bits per heavy atom.